The number of carbonyl (C=O) groups excluding carboxylic acids is 1. The van der Waals surface area contributed by atoms with Gasteiger partial charge in [-0.25, -0.2) is 4.79 Å². The molecule has 1 aromatic carbocycles. The molecule has 0 aliphatic rings. The largest absolute Gasteiger partial charge is 0.395 e. The molecule has 0 fully saturated rings. The first kappa shape index (κ1) is 17.3. The molecule has 0 atom stereocenters. The van der Waals surface area contributed by atoms with E-state index in [-0.39, 0.29) is 24.8 Å². The number of urea groups is 1. The van der Waals surface area contributed by atoms with E-state index in [2.05, 4.69) is 5.32 Å². The Morgan fingerprint density at radius 1 is 1.38 bits per heavy atom. The van der Waals surface area contributed by atoms with Gasteiger partial charge in [-0.1, -0.05) is 12.1 Å². The lowest BCUT2D eigenvalue weighted by Gasteiger charge is -2.26. The lowest BCUT2D eigenvalue weighted by atomic mass is 10.1. The van der Waals surface area contributed by atoms with E-state index in [0.717, 1.165) is 0 Å². The molecule has 0 aromatic heterocycles. The molecule has 0 spiro atoms. The van der Waals surface area contributed by atoms with Crippen molar-refractivity contribution in [2.24, 2.45) is 0 Å². The van der Waals surface area contributed by atoms with Gasteiger partial charge in [-0.05, 0) is 31.5 Å². The molecule has 118 valence electrons. The third-order valence-corrected chi connectivity index (χ3v) is 2.81. The zero-order valence-electron chi connectivity index (χ0n) is 11.9. The highest BCUT2D eigenvalue weighted by atomic mass is 19.4. The molecular formula is C14H19F3N2O2. The maximum atomic E-state index is 12.3. The van der Waals surface area contributed by atoms with Crippen LogP contribution in [0.3, 0.4) is 0 Å². The van der Waals surface area contributed by atoms with Gasteiger partial charge >= 0.3 is 12.2 Å². The molecule has 21 heavy (non-hydrogen) atoms. The van der Waals surface area contributed by atoms with E-state index in [4.69, 9.17) is 5.11 Å². The average molecular weight is 304 g/mol. The standard InChI is InChI=1S/C14H19F3N2O2/c1-10(2)19(6-7-20)13(21)18-12-5-3-4-11(8-12)9-14(15,16)17/h3-5,8,10,20H,6-7,9H2,1-2H3,(H,18,21). The van der Waals surface area contributed by atoms with Crippen molar-refractivity contribution in [1.82, 2.24) is 4.90 Å². The molecule has 1 rings (SSSR count). The summed E-state index contributed by atoms with van der Waals surface area (Å²) in [6.45, 7) is 3.55. The number of halogens is 3. The van der Waals surface area contributed by atoms with Crippen LogP contribution in [0, 0.1) is 0 Å². The Morgan fingerprint density at radius 2 is 2.05 bits per heavy atom. The molecule has 0 aliphatic carbocycles. The normalized spacial score (nSPS) is 11.6. The van der Waals surface area contributed by atoms with Crippen LogP contribution in [0.5, 0.6) is 0 Å². The summed E-state index contributed by atoms with van der Waals surface area (Å²) in [7, 11) is 0. The first-order valence-corrected chi connectivity index (χ1v) is 6.57. The number of carbonyl (C=O) groups is 1. The minimum absolute atomic E-state index is 0.0820. The smallest absolute Gasteiger partial charge is 0.393 e. The highest BCUT2D eigenvalue weighted by molar-refractivity contribution is 5.89. The van der Waals surface area contributed by atoms with Crippen LogP contribution in [0.15, 0.2) is 24.3 Å². The van der Waals surface area contributed by atoms with Crippen LogP contribution in [0.2, 0.25) is 0 Å². The van der Waals surface area contributed by atoms with E-state index >= 15 is 0 Å². The van der Waals surface area contributed by atoms with Crippen LogP contribution in [0.1, 0.15) is 19.4 Å². The second kappa shape index (κ2) is 7.31. The Bertz CT molecular complexity index is 476. The fourth-order valence-corrected chi connectivity index (χ4v) is 1.89. The molecule has 0 bridgehead atoms. The number of aliphatic hydroxyl groups excluding tert-OH is 1. The Morgan fingerprint density at radius 3 is 2.57 bits per heavy atom. The first-order chi connectivity index (χ1) is 9.73. The maximum absolute atomic E-state index is 12.3. The number of aliphatic hydroxyl groups is 1. The highest BCUT2D eigenvalue weighted by Gasteiger charge is 2.27. The number of hydrogen-bond acceptors (Lipinski definition) is 2. The summed E-state index contributed by atoms with van der Waals surface area (Å²) in [5.74, 6) is 0. The minimum Gasteiger partial charge on any atom is -0.395 e. The van der Waals surface area contributed by atoms with Gasteiger partial charge in [0.2, 0.25) is 0 Å². The van der Waals surface area contributed by atoms with E-state index in [1.165, 1.54) is 29.2 Å². The van der Waals surface area contributed by atoms with Gasteiger partial charge in [0.15, 0.2) is 0 Å². The lowest BCUT2D eigenvalue weighted by Crippen LogP contribution is -2.41. The second-order valence-electron chi connectivity index (χ2n) is 4.93. The van der Waals surface area contributed by atoms with Crippen LogP contribution in [-0.2, 0) is 6.42 Å². The fourth-order valence-electron chi connectivity index (χ4n) is 1.89. The molecule has 2 amide bonds. The Balaban J connectivity index is 2.78. The number of alkyl halides is 3. The van der Waals surface area contributed by atoms with Gasteiger partial charge in [-0.2, -0.15) is 13.2 Å². The summed E-state index contributed by atoms with van der Waals surface area (Å²) in [5, 5.41) is 11.5. The third kappa shape index (κ3) is 6.03. The maximum Gasteiger partial charge on any atom is 0.393 e. The molecule has 4 nitrogen and oxygen atoms in total. The Labute approximate surface area is 121 Å². The van der Waals surface area contributed by atoms with Crippen molar-refractivity contribution >= 4 is 11.7 Å². The van der Waals surface area contributed by atoms with Crippen molar-refractivity contribution < 1.29 is 23.1 Å². The van der Waals surface area contributed by atoms with Crippen LogP contribution in [0.4, 0.5) is 23.7 Å². The molecule has 7 heteroatoms. The molecular weight excluding hydrogens is 285 g/mol. The quantitative estimate of drug-likeness (QED) is 0.878. The summed E-state index contributed by atoms with van der Waals surface area (Å²) < 4.78 is 37.0. The molecule has 0 radical (unpaired) electrons. The van der Waals surface area contributed by atoms with Gasteiger partial charge in [0.05, 0.1) is 13.0 Å². The van der Waals surface area contributed by atoms with Gasteiger partial charge in [0.25, 0.3) is 0 Å². The van der Waals surface area contributed by atoms with E-state index in [1.807, 2.05) is 0 Å². The average Bonchev–Trinajstić information content (AvgIpc) is 2.33. The highest BCUT2D eigenvalue weighted by Crippen LogP contribution is 2.23. The van der Waals surface area contributed by atoms with Gasteiger partial charge in [0, 0.05) is 18.3 Å². The first-order valence-electron chi connectivity index (χ1n) is 6.57. The number of rotatable bonds is 5. The van der Waals surface area contributed by atoms with Gasteiger partial charge < -0.3 is 15.3 Å². The summed E-state index contributed by atoms with van der Waals surface area (Å²) in [4.78, 5) is 13.4. The van der Waals surface area contributed by atoms with Crippen molar-refractivity contribution in [2.45, 2.75) is 32.5 Å². The SMILES string of the molecule is CC(C)N(CCO)C(=O)Nc1cccc(CC(F)(F)F)c1. The van der Waals surface area contributed by atoms with Crippen molar-refractivity contribution in [3.8, 4) is 0 Å². The van der Waals surface area contributed by atoms with Crippen molar-refractivity contribution in [3.63, 3.8) is 0 Å². The fraction of sp³-hybridized carbons (Fsp3) is 0.500. The molecule has 0 saturated carbocycles. The molecule has 1 aromatic rings. The van der Waals surface area contributed by atoms with Crippen LogP contribution in [-0.4, -0.2) is 41.4 Å². The molecule has 0 unspecified atom stereocenters. The van der Waals surface area contributed by atoms with Crippen molar-refractivity contribution in [1.29, 1.82) is 0 Å². The van der Waals surface area contributed by atoms with E-state index in [0.29, 0.717) is 5.69 Å². The third-order valence-electron chi connectivity index (χ3n) is 2.81. The van der Waals surface area contributed by atoms with E-state index < -0.39 is 18.6 Å². The van der Waals surface area contributed by atoms with Gasteiger partial charge in [-0.15, -0.1) is 0 Å². The predicted octanol–water partition coefficient (Wildman–Crippen LogP) is 3.03. The number of nitrogens with zero attached hydrogens (tertiary/aromatic N) is 1. The van der Waals surface area contributed by atoms with Crippen LogP contribution >= 0.6 is 0 Å². The molecule has 0 heterocycles. The van der Waals surface area contributed by atoms with E-state index in [9.17, 15) is 18.0 Å². The molecule has 0 aliphatic heterocycles. The predicted molar refractivity (Wildman–Crippen MR) is 74.1 cm³/mol. The van der Waals surface area contributed by atoms with Gasteiger partial charge in [-0.3, -0.25) is 0 Å². The summed E-state index contributed by atoms with van der Waals surface area (Å²) in [6.07, 6.45) is -5.33. The molecule has 0 saturated heterocycles. The second-order valence-corrected chi connectivity index (χ2v) is 4.93. The molecule has 2 N–H and O–H groups in total. The van der Waals surface area contributed by atoms with Crippen molar-refractivity contribution in [2.75, 3.05) is 18.5 Å². The van der Waals surface area contributed by atoms with E-state index in [1.54, 1.807) is 13.8 Å². The zero-order valence-corrected chi connectivity index (χ0v) is 11.9. The minimum atomic E-state index is -4.29. The summed E-state index contributed by atoms with van der Waals surface area (Å²) >= 11 is 0. The number of benzene rings is 1. The number of hydrogen-bond donors (Lipinski definition) is 2. The number of anilines is 1. The monoisotopic (exact) mass is 304 g/mol. The Kier molecular flexibility index (Phi) is 6.02. The zero-order chi connectivity index (χ0) is 16.0. The summed E-state index contributed by atoms with van der Waals surface area (Å²) in [6, 6.07) is 5.05. The lowest BCUT2D eigenvalue weighted by molar-refractivity contribution is -0.127. The number of amides is 2. The van der Waals surface area contributed by atoms with Gasteiger partial charge in [0.1, 0.15) is 0 Å². The summed E-state index contributed by atoms with van der Waals surface area (Å²) in [5.41, 5.74) is 0.379. The number of nitrogens with one attached hydrogen (secondary N) is 1. The van der Waals surface area contributed by atoms with Crippen molar-refractivity contribution in [3.05, 3.63) is 29.8 Å². The van der Waals surface area contributed by atoms with Crippen LogP contribution in [0.25, 0.3) is 0 Å². The topological polar surface area (TPSA) is 52.6 Å². The van der Waals surface area contributed by atoms with Crippen LogP contribution < -0.4 is 5.32 Å². The Hall–Kier alpha value is -1.76.